The van der Waals surface area contributed by atoms with Crippen LogP contribution in [0, 0.1) is 56.7 Å². The van der Waals surface area contributed by atoms with E-state index in [0.29, 0.717) is 58.3 Å². The monoisotopic (exact) mass is 566 g/mol. The number of aliphatic hydroxyl groups excluding tert-OH is 1. The number of nitrogens with zero attached hydrogens (tertiary/aromatic N) is 3. The number of carbonyl (C=O) groups excluding carboxylic acids is 1. The number of aliphatic hydroxyl groups is 1. The summed E-state index contributed by atoms with van der Waals surface area (Å²) in [6.45, 7) is 19.9. The van der Waals surface area contributed by atoms with Crippen LogP contribution in [0.5, 0.6) is 0 Å². The molecule has 5 fully saturated rings. The molecule has 1 heterocycles. The van der Waals surface area contributed by atoms with Crippen molar-refractivity contribution in [2.45, 2.75) is 125 Å². The third-order valence-corrected chi connectivity index (χ3v) is 14.8. The summed E-state index contributed by atoms with van der Waals surface area (Å²) >= 11 is 0. The van der Waals surface area contributed by atoms with E-state index >= 15 is 0 Å². The van der Waals surface area contributed by atoms with Gasteiger partial charge in [0.05, 0.1) is 12.7 Å². The van der Waals surface area contributed by atoms with E-state index in [1.807, 2.05) is 0 Å². The zero-order chi connectivity index (χ0) is 29.4. The van der Waals surface area contributed by atoms with E-state index in [-0.39, 0.29) is 29.3 Å². The van der Waals surface area contributed by atoms with Crippen molar-refractivity contribution in [3.8, 4) is 0 Å². The number of aromatic nitrogens is 4. The molecule has 0 aliphatic heterocycles. The molecule has 5 saturated carbocycles. The van der Waals surface area contributed by atoms with E-state index in [4.69, 9.17) is 4.74 Å². The predicted octanol–water partition coefficient (Wildman–Crippen LogP) is 6.69. The summed E-state index contributed by atoms with van der Waals surface area (Å²) in [7, 11) is 0. The predicted molar refractivity (Wildman–Crippen MR) is 158 cm³/mol. The molecular formula is C34H54N4O3. The molecule has 41 heavy (non-hydrogen) atoms. The minimum absolute atomic E-state index is 0.00824. The van der Waals surface area contributed by atoms with Gasteiger partial charge in [-0.25, -0.2) is 5.10 Å². The second kappa shape index (κ2) is 9.89. The SMILES string of the molecule is C=C(C)[C@@H]1CC[C@]2(CCOC(=O)Cc3nnn[nH]3)CC[C@]3(C)[C@H](CC[C@@H]4[C@@]5(C)CC[C@H](O)C(C)(C)[C@@H]5CC[C@]43C)[C@@H]12. The number of esters is 1. The van der Waals surface area contributed by atoms with E-state index < -0.39 is 0 Å². The molecule has 7 heteroatoms. The van der Waals surface area contributed by atoms with Crippen LogP contribution >= 0.6 is 0 Å². The van der Waals surface area contributed by atoms with Crippen molar-refractivity contribution in [3.63, 3.8) is 0 Å². The summed E-state index contributed by atoms with van der Waals surface area (Å²) in [6, 6.07) is 0. The molecule has 10 atom stereocenters. The highest BCUT2D eigenvalue weighted by molar-refractivity contribution is 5.71. The summed E-state index contributed by atoms with van der Waals surface area (Å²) in [5.41, 5.74) is 2.48. The lowest BCUT2D eigenvalue weighted by atomic mass is 9.32. The Morgan fingerprint density at radius 1 is 0.976 bits per heavy atom. The highest BCUT2D eigenvalue weighted by Gasteiger charge is 2.70. The van der Waals surface area contributed by atoms with Gasteiger partial charge in [-0.3, -0.25) is 4.79 Å². The Morgan fingerprint density at radius 2 is 1.76 bits per heavy atom. The highest BCUT2D eigenvalue weighted by atomic mass is 16.5. The van der Waals surface area contributed by atoms with E-state index in [2.05, 4.69) is 68.7 Å². The smallest absolute Gasteiger partial charge is 0.313 e. The molecule has 5 aliphatic carbocycles. The fourth-order valence-corrected chi connectivity index (χ4v) is 12.5. The van der Waals surface area contributed by atoms with Crippen LogP contribution in [0.2, 0.25) is 0 Å². The molecule has 1 aromatic rings. The van der Waals surface area contributed by atoms with Gasteiger partial charge in [0, 0.05) is 0 Å². The molecule has 6 rings (SSSR count). The fraction of sp³-hybridized carbons (Fsp3) is 0.882. The first-order valence-corrected chi connectivity index (χ1v) is 16.5. The average molecular weight is 567 g/mol. The number of H-pyrrole nitrogens is 1. The van der Waals surface area contributed by atoms with Crippen LogP contribution in [-0.2, 0) is 16.0 Å². The Bertz CT molecular complexity index is 1170. The second-order valence-corrected chi connectivity index (χ2v) is 16.4. The molecule has 5 aliphatic rings. The summed E-state index contributed by atoms with van der Waals surface area (Å²) in [4.78, 5) is 12.5. The van der Waals surface area contributed by atoms with Crippen molar-refractivity contribution < 1.29 is 14.6 Å². The Kier molecular flexibility index (Phi) is 7.07. The van der Waals surface area contributed by atoms with Crippen molar-refractivity contribution in [1.82, 2.24) is 20.6 Å². The van der Waals surface area contributed by atoms with Crippen molar-refractivity contribution >= 4 is 5.97 Å². The third-order valence-electron chi connectivity index (χ3n) is 14.8. The number of carbonyl (C=O) groups is 1. The largest absolute Gasteiger partial charge is 0.465 e. The third kappa shape index (κ3) is 4.21. The number of nitrogens with one attached hydrogen (secondary N) is 1. The number of hydrogen-bond donors (Lipinski definition) is 2. The van der Waals surface area contributed by atoms with Gasteiger partial charge >= 0.3 is 5.97 Å². The van der Waals surface area contributed by atoms with Crippen molar-refractivity contribution in [2.75, 3.05) is 6.61 Å². The van der Waals surface area contributed by atoms with Gasteiger partial charge in [-0.15, -0.1) is 5.10 Å². The molecule has 0 bridgehead atoms. The van der Waals surface area contributed by atoms with Gasteiger partial charge < -0.3 is 9.84 Å². The molecule has 0 saturated heterocycles. The Morgan fingerprint density at radius 3 is 2.46 bits per heavy atom. The highest BCUT2D eigenvalue weighted by Crippen LogP contribution is 2.77. The summed E-state index contributed by atoms with van der Waals surface area (Å²) in [5.74, 6) is 3.36. The zero-order valence-corrected chi connectivity index (χ0v) is 26.5. The van der Waals surface area contributed by atoms with Crippen LogP contribution in [0.25, 0.3) is 0 Å². The number of fused-ring (bicyclic) bond motifs is 7. The lowest BCUT2D eigenvalue weighted by Gasteiger charge is -2.73. The van der Waals surface area contributed by atoms with Crippen LogP contribution in [-0.4, -0.2) is 44.4 Å². The van der Waals surface area contributed by atoms with Gasteiger partial charge in [0.15, 0.2) is 5.82 Å². The quantitative estimate of drug-likeness (QED) is 0.294. The fourth-order valence-electron chi connectivity index (χ4n) is 12.5. The van der Waals surface area contributed by atoms with Gasteiger partial charge in [-0.1, -0.05) is 46.8 Å². The summed E-state index contributed by atoms with van der Waals surface area (Å²) in [6.07, 6.45) is 13.0. The maximum atomic E-state index is 12.5. The molecule has 228 valence electrons. The van der Waals surface area contributed by atoms with E-state index in [1.165, 1.54) is 63.4 Å². The topological polar surface area (TPSA) is 101 Å². The van der Waals surface area contributed by atoms with Gasteiger partial charge in [0.2, 0.25) is 0 Å². The van der Waals surface area contributed by atoms with E-state index in [1.54, 1.807) is 0 Å². The lowest BCUT2D eigenvalue weighted by Crippen LogP contribution is -2.66. The zero-order valence-electron chi connectivity index (χ0n) is 26.5. The number of rotatable bonds is 6. The van der Waals surface area contributed by atoms with Crippen LogP contribution in [0.4, 0.5) is 0 Å². The maximum Gasteiger partial charge on any atom is 0.313 e. The van der Waals surface area contributed by atoms with Gasteiger partial charge in [0.1, 0.15) is 6.42 Å². The summed E-state index contributed by atoms with van der Waals surface area (Å²) in [5, 5.41) is 24.6. The van der Waals surface area contributed by atoms with Crippen LogP contribution in [0.1, 0.15) is 118 Å². The molecule has 0 spiro atoms. The Labute approximate surface area is 247 Å². The van der Waals surface area contributed by atoms with Crippen molar-refractivity contribution in [2.24, 2.45) is 56.7 Å². The van der Waals surface area contributed by atoms with Gasteiger partial charge in [-0.05, 0) is 145 Å². The normalized spacial score (nSPS) is 46.5. The number of aromatic amines is 1. The summed E-state index contributed by atoms with van der Waals surface area (Å²) < 4.78 is 5.79. The number of hydrogen-bond acceptors (Lipinski definition) is 6. The standard InChI is InChI=1S/C34H54N4O3/c1-21(2)22-10-15-34(18-19-41-28(40)20-27-35-37-38-36-27)17-16-32(6)23(29(22)34)8-9-25-31(5)13-12-26(39)30(3,4)24(31)11-14-33(25,32)7/h22-26,29,39H,1,8-20H2,2-7H3,(H,35,36,37,38)/t22-,23+,24-,25+,26-,29+,31-,32+,33+,34+/m0/s1. The van der Waals surface area contributed by atoms with Crippen molar-refractivity contribution in [3.05, 3.63) is 18.0 Å². The minimum Gasteiger partial charge on any atom is -0.465 e. The molecule has 7 nitrogen and oxygen atoms in total. The van der Waals surface area contributed by atoms with E-state index in [0.717, 1.165) is 12.8 Å². The first kappa shape index (κ1) is 29.3. The van der Waals surface area contributed by atoms with Gasteiger partial charge in [0.25, 0.3) is 0 Å². The van der Waals surface area contributed by atoms with Gasteiger partial charge in [-0.2, -0.15) is 0 Å². The van der Waals surface area contributed by atoms with Crippen LogP contribution < -0.4 is 0 Å². The number of ether oxygens (including phenoxy) is 1. The molecule has 1 aromatic heterocycles. The Balaban J connectivity index is 1.26. The first-order valence-electron chi connectivity index (χ1n) is 16.5. The molecule has 0 aromatic carbocycles. The molecule has 0 unspecified atom stereocenters. The second-order valence-electron chi connectivity index (χ2n) is 16.4. The first-order chi connectivity index (χ1) is 19.3. The average Bonchev–Trinajstić information content (AvgIpc) is 3.55. The van der Waals surface area contributed by atoms with Crippen LogP contribution in [0.15, 0.2) is 12.2 Å². The lowest BCUT2D eigenvalue weighted by molar-refractivity contribution is -0.248. The minimum atomic E-state index is -0.259. The van der Waals surface area contributed by atoms with E-state index in [9.17, 15) is 9.90 Å². The molecule has 0 amide bonds. The maximum absolute atomic E-state index is 12.5. The number of tetrazole rings is 1. The molecular weight excluding hydrogens is 512 g/mol. The van der Waals surface area contributed by atoms with Crippen molar-refractivity contribution in [1.29, 1.82) is 0 Å². The van der Waals surface area contributed by atoms with Crippen LogP contribution in [0.3, 0.4) is 0 Å². The number of allylic oxidation sites excluding steroid dienone is 1. The Hall–Kier alpha value is -1.76. The molecule has 0 radical (unpaired) electrons. The molecule has 2 N–H and O–H groups in total.